The average Bonchev–Trinajstić information content (AvgIpc) is 2.59. The predicted octanol–water partition coefficient (Wildman–Crippen LogP) is 2.76. The van der Waals surface area contributed by atoms with Crippen LogP contribution in [0.15, 0.2) is 53.6 Å². The number of methoxy groups -OCH3 is 1. The Hall–Kier alpha value is -3.22. The van der Waals surface area contributed by atoms with Crippen molar-refractivity contribution < 1.29 is 14.5 Å². The van der Waals surface area contributed by atoms with Crippen LogP contribution in [-0.4, -0.2) is 23.7 Å². The predicted molar refractivity (Wildman–Crippen MR) is 85.8 cm³/mol. The number of nitrogens with zero attached hydrogens (tertiary/aromatic N) is 2. The largest absolute Gasteiger partial charge is 0.497 e. The van der Waals surface area contributed by atoms with Crippen LogP contribution in [0.1, 0.15) is 22.8 Å². The lowest BCUT2D eigenvalue weighted by Gasteiger charge is -2.05. The van der Waals surface area contributed by atoms with E-state index in [0.717, 1.165) is 0 Å². The van der Waals surface area contributed by atoms with Crippen molar-refractivity contribution in [1.82, 2.24) is 5.43 Å². The molecule has 0 aliphatic carbocycles. The lowest BCUT2D eigenvalue weighted by Crippen LogP contribution is -2.19. The molecule has 1 amide bonds. The molecule has 0 atom stereocenters. The number of hydrogen-bond acceptors (Lipinski definition) is 5. The van der Waals surface area contributed by atoms with Gasteiger partial charge in [0.1, 0.15) is 5.75 Å². The highest BCUT2D eigenvalue weighted by Gasteiger charge is 2.08. The van der Waals surface area contributed by atoms with Gasteiger partial charge in [-0.3, -0.25) is 14.9 Å². The minimum Gasteiger partial charge on any atom is -0.497 e. The van der Waals surface area contributed by atoms with E-state index < -0.39 is 4.92 Å². The maximum atomic E-state index is 12.0. The van der Waals surface area contributed by atoms with Crippen LogP contribution in [-0.2, 0) is 0 Å². The quantitative estimate of drug-likeness (QED) is 0.521. The van der Waals surface area contributed by atoms with Crippen LogP contribution >= 0.6 is 0 Å². The van der Waals surface area contributed by atoms with Gasteiger partial charge in [-0.15, -0.1) is 0 Å². The van der Waals surface area contributed by atoms with Crippen LogP contribution in [0.2, 0.25) is 0 Å². The number of amides is 1. The number of hydrazone groups is 1. The van der Waals surface area contributed by atoms with Crippen LogP contribution in [0.25, 0.3) is 0 Å². The number of hydrogen-bond donors (Lipinski definition) is 1. The van der Waals surface area contributed by atoms with Crippen molar-refractivity contribution in [1.29, 1.82) is 0 Å². The fourth-order valence-electron chi connectivity index (χ4n) is 1.85. The Kier molecular flexibility index (Phi) is 5.03. The first-order chi connectivity index (χ1) is 11.0. The van der Waals surface area contributed by atoms with E-state index in [2.05, 4.69) is 10.5 Å². The Bertz CT molecular complexity index is 754. The monoisotopic (exact) mass is 313 g/mol. The summed E-state index contributed by atoms with van der Waals surface area (Å²) in [6.45, 7) is 1.70. The molecule has 0 radical (unpaired) electrons. The number of nitrogens with one attached hydrogen (secondary N) is 1. The van der Waals surface area contributed by atoms with Crippen LogP contribution < -0.4 is 10.2 Å². The zero-order valence-corrected chi connectivity index (χ0v) is 12.6. The van der Waals surface area contributed by atoms with Gasteiger partial charge < -0.3 is 4.74 Å². The van der Waals surface area contributed by atoms with Gasteiger partial charge in [0.05, 0.1) is 17.7 Å². The molecule has 0 saturated heterocycles. The minimum atomic E-state index is -0.471. The zero-order chi connectivity index (χ0) is 16.8. The van der Waals surface area contributed by atoms with Gasteiger partial charge in [0.25, 0.3) is 11.6 Å². The molecule has 0 saturated carbocycles. The summed E-state index contributed by atoms with van der Waals surface area (Å²) < 4.78 is 5.06. The fraction of sp³-hybridized carbons (Fsp3) is 0.125. The van der Waals surface area contributed by atoms with Gasteiger partial charge in [-0.2, -0.15) is 5.10 Å². The molecule has 0 fully saturated rings. The van der Waals surface area contributed by atoms with Crippen molar-refractivity contribution in [3.8, 4) is 5.75 Å². The van der Waals surface area contributed by atoms with Crippen LogP contribution in [0.4, 0.5) is 5.69 Å². The van der Waals surface area contributed by atoms with Gasteiger partial charge in [-0.05, 0) is 42.8 Å². The summed E-state index contributed by atoms with van der Waals surface area (Å²) in [6.07, 6.45) is 0. The lowest BCUT2D eigenvalue weighted by molar-refractivity contribution is -0.384. The number of ether oxygens (including phenoxy) is 1. The zero-order valence-electron chi connectivity index (χ0n) is 12.6. The number of non-ortho nitro benzene ring substituents is 1. The summed E-state index contributed by atoms with van der Waals surface area (Å²) in [5, 5.41) is 14.6. The molecule has 0 bridgehead atoms. The lowest BCUT2D eigenvalue weighted by atomic mass is 10.1. The number of carbonyl (C=O) groups excluding carboxylic acids is 1. The maximum Gasteiger partial charge on any atom is 0.271 e. The van der Waals surface area contributed by atoms with Gasteiger partial charge >= 0.3 is 0 Å². The first-order valence-electron chi connectivity index (χ1n) is 6.75. The molecular formula is C16H15N3O4. The van der Waals surface area contributed by atoms with Crippen molar-refractivity contribution in [2.75, 3.05) is 7.11 Å². The molecule has 7 heteroatoms. The van der Waals surface area contributed by atoms with E-state index in [0.29, 0.717) is 22.6 Å². The molecule has 0 aliphatic heterocycles. The molecule has 0 heterocycles. The van der Waals surface area contributed by atoms with E-state index in [-0.39, 0.29) is 11.6 Å². The van der Waals surface area contributed by atoms with E-state index in [4.69, 9.17) is 4.74 Å². The Balaban J connectivity index is 2.08. The summed E-state index contributed by atoms with van der Waals surface area (Å²) in [4.78, 5) is 22.2. The van der Waals surface area contributed by atoms with Gasteiger partial charge in [-0.1, -0.05) is 6.07 Å². The van der Waals surface area contributed by atoms with E-state index in [1.807, 2.05) is 0 Å². The summed E-state index contributed by atoms with van der Waals surface area (Å²) in [5.74, 6) is 0.207. The summed E-state index contributed by atoms with van der Waals surface area (Å²) in [6, 6.07) is 12.6. The minimum absolute atomic E-state index is 0.00182. The molecular weight excluding hydrogens is 298 g/mol. The molecule has 23 heavy (non-hydrogen) atoms. The van der Waals surface area contributed by atoms with Crippen LogP contribution in [0.3, 0.4) is 0 Å². The molecule has 2 rings (SSSR count). The molecule has 2 aromatic carbocycles. The molecule has 1 N–H and O–H groups in total. The molecule has 2 aromatic rings. The Morgan fingerprint density at radius 3 is 2.48 bits per heavy atom. The standard InChI is InChI=1S/C16H15N3O4/c1-11(12-6-8-14(9-7-12)19(21)22)17-18-16(20)13-4-3-5-15(10-13)23-2/h3-10H,1-2H3,(H,18,20)/b17-11-. The topological polar surface area (TPSA) is 93.8 Å². The van der Waals surface area contributed by atoms with Crippen molar-refractivity contribution in [2.24, 2.45) is 5.10 Å². The first-order valence-corrected chi connectivity index (χ1v) is 6.75. The normalized spacial score (nSPS) is 11.0. The maximum absolute atomic E-state index is 12.0. The molecule has 118 valence electrons. The van der Waals surface area contributed by atoms with E-state index in [1.54, 1.807) is 43.3 Å². The fourth-order valence-corrected chi connectivity index (χ4v) is 1.85. The summed E-state index contributed by atoms with van der Waals surface area (Å²) in [5.41, 5.74) is 4.09. The van der Waals surface area contributed by atoms with Crippen molar-refractivity contribution >= 4 is 17.3 Å². The van der Waals surface area contributed by atoms with Crippen molar-refractivity contribution in [2.45, 2.75) is 6.92 Å². The van der Waals surface area contributed by atoms with Gasteiger partial charge in [0.15, 0.2) is 0 Å². The van der Waals surface area contributed by atoms with Crippen LogP contribution in [0, 0.1) is 10.1 Å². The van der Waals surface area contributed by atoms with E-state index in [1.165, 1.54) is 19.2 Å². The number of carbonyl (C=O) groups is 1. The number of nitro benzene ring substituents is 1. The van der Waals surface area contributed by atoms with Crippen molar-refractivity contribution in [3.63, 3.8) is 0 Å². The van der Waals surface area contributed by atoms with E-state index >= 15 is 0 Å². The third kappa shape index (κ3) is 4.13. The number of rotatable bonds is 5. The van der Waals surface area contributed by atoms with Gasteiger partial charge in [-0.25, -0.2) is 5.43 Å². The molecule has 0 aliphatic rings. The molecule has 0 unspecified atom stereocenters. The number of benzene rings is 2. The third-order valence-electron chi connectivity index (χ3n) is 3.15. The summed E-state index contributed by atoms with van der Waals surface area (Å²) >= 11 is 0. The smallest absolute Gasteiger partial charge is 0.271 e. The second-order valence-electron chi connectivity index (χ2n) is 4.67. The highest BCUT2D eigenvalue weighted by atomic mass is 16.6. The molecule has 0 spiro atoms. The Morgan fingerprint density at radius 1 is 1.17 bits per heavy atom. The third-order valence-corrected chi connectivity index (χ3v) is 3.15. The first kappa shape index (κ1) is 16.2. The van der Waals surface area contributed by atoms with Gasteiger partial charge in [0, 0.05) is 17.7 Å². The van der Waals surface area contributed by atoms with Crippen LogP contribution in [0.5, 0.6) is 5.75 Å². The second kappa shape index (κ2) is 7.17. The Labute approximate surface area is 132 Å². The summed E-state index contributed by atoms with van der Waals surface area (Å²) in [7, 11) is 1.52. The van der Waals surface area contributed by atoms with Gasteiger partial charge in [0.2, 0.25) is 0 Å². The Morgan fingerprint density at radius 2 is 1.87 bits per heavy atom. The average molecular weight is 313 g/mol. The number of nitro groups is 1. The SMILES string of the molecule is COc1cccc(C(=O)N/N=C(/C)c2ccc([N+](=O)[O-])cc2)c1. The highest BCUT2D eigenvalue weighted by molar-refractivity contribution is 6.01. The molecule has 7 nitrogen and oxygen atoms in total. The van der Waals surface area contributed by atoms with Crippen molar-refractivity contribution in [3.05, 3.63) is 69.8 Å². The highest BCUT2D eigenvalue weighted by Crippen LogP contribution is 2.13. The van der Waals surface area contributed by atoms with E-state index in [9.17, 15) is 14.9 Å². The molecule has 0 aromatic heterocycles. The second-order valence-corrected chi connectivity index (χ2v) is 4.67.